The minimum atomic E-state index is -0.485. The van der Waals surface area contributed by atoms with Crippen LogP contribution in [0.3, 0.4) is 0 Å². The summed E-state index contributed by atoms with van der Waals surface area (Å²) in [7, 11) is 0. The third-order valence-corrected chi connectivity index (χ3v) is 6.18. The molecule has 2 aromatic rings. The Hall–Kier alpha value is -2.84. The second-order valence-corrected chi connectivity index (χ2v) is 9.68. The molecule has 33 heavy (non-hydrogen) atoms. The van der Waals surface area contributed by atoms with E-state index in [9.17, 15) is 10.1 Å². The van der Waals surface area contributed by atoms with E-state index in [0.29, 0.717) is 13.0 Å². The van der Waals surface area contributed by atoms with Gasteiger partial charge in [-0.05, 0) is 95.0 Å². The molecule has 1 N–H and O–H groups in total. The molecule has 0 saturated heterocycles. The average Bonchev–Trinajstić information content (AvgIpc) is 2.77. The maximum atomic E-state index is 12.8. The van der Waals surface area contributed by atoms with Gasteiger partial charge in [0, 0.05) is 30.9 Å². The monoisotopic (exact) mass is 449 g/mol. The summed E-state index contributed by atoms with van der Waals surface area (Å²) in [5.74, 6) is -0.366. The Morgan fingerprint density at radius 3 is 2.30 bits per heavy atom. The Bertz CT molecular complexity index is 1030. The second-order valence-electron chi connectivity index (χ2n) is 9.68. The molecule has 0 atom stereocenters. The van der Waals surface area contributed by atoms with E-state index in [4.69, 9.17) is 4.74 Å². The third kappa shape index (κ3) is 7.61. The van der Waals surface area contributed by atoms with Gasteiger partial charge in [0.1, 0.15) is 11.6 Å². The first kappa shape index (κ1) is 26.4. The molecule has 0 saturated carbocycles. The van der Waals surface area contributed by atoms with Crippen LogP contribution < -0.4 is 10.2 Å². The Kier molecular flexibility index (Phi) is 9.07. The van der Waals surface area contributed by atoms with Crippen molar-refractivity contribution in [3.63, 3.8) is 0 Å². The molecule has 2 rings (SSSR count). The van der Waals surface area contributed by atoms with Gasteiger partial charge in [0.2, 0.25) is 0 Å². The second kappa shape index (κ2) is 11.3. The van der Waals surface area contributed by atoms with Crippen LogP contribution in [0.1, 0.15) is 66.9 Å². The van der Waals surface area contributed by atoms with Crippen LogP contribution >= 0.6 is 0 Å². The normalized spacial score (nSPS) is 12.5. The van der Waals surface area contributed by atoms with Crippen molar-refractivity contribution >= 4 is 28.4 Å². The first-order valence-electron chi connectivity index (χ1n) is 11.9. The lowest BCUT2D eigenvalue weighted by atomic mass is 9.99. The molecule has 2 aromatic carbocycles. The maximum Gasteiger partial charge on any atom is 0.262 e. The zero-order valence-electron chi connectivity index (χ0n) is 21.3. The number of nitrogens with zero attached hydrogens (tertiary/aromatic N) is 2. The molecule has 0 aliphatic carbocycles. The van der Waals surface area contributed by atoms with Gasteiger partial charge in [-0.1, -0.05) is 25.1 Å². The van der Waals surface area contributed by atoms with Crippen molar-refractivity contribution in [2.45, 2.75) is 72.4 Å². The quantitative estimate of drug-likeness (QED) is 0.333. The predicted octanol–water partition coefficient (Wildman–Crippen LogP) is 6.08. The van der Waals surface area contributed by atoms with Crippen LogP contribution in [0, 0.1) is 11.3 Å². The highest BCUT2D eigenvalue weighted by atomic mass is 16.5. The standard InChI is InChI=1S/C28H39N3O2/c1-8-28(6,7)33-16-15-27(4,5)30-26(32)24(20-29)18-21-11-12-23-19-25(31(9-2)10-3)14-13-22(23)17-21/h11-14,17-19H,8-10,15-16H2,1-7H3,(H,30,32). The van der Waals surface area contributed by atoms with Gasteiger partial charge in [0.25, 0.3) is 5.91 Å². The van der Waals surface area contributed by atoms with E-state index >= 15 is 0 Å². The minimum Gasteiger partial charge on any atom is -0.375 e. The number of hydrogen-bond acceptors (Lipinski definition) is 4. The molecule has 5 nitrogen and oxygen atoms in total. The van der Waals surface area contributed by atoms with Crippen LogP contribution in [0.4, 0.5) is 5.69 Å². The number of amides is 1. The van der Waals surface area contributed by atoms with E-state index in [1.165, 1.54) is 5.69 Å². The topological polar surface area (TPSA) is 65.4 Å². The van der Waals surface area contributed by atoms with E-state index in [1.807, 2.05) is 32.0 Å². The van der Waals surface area contributed by atoms with E-state index in [0.717, 1.165) is 35.8 Å². The van der Waals surface area contributed by atoms with Crippen molar-refractivity contribution in [3.8, 4) is 6.07 Å². The van der Waals surface area contributed by atoms with Crippen molar-refractivity contribution in [1.29, 1.82) is 5.26 Å². The number of nitriles is 1. The van der Waals surface area contributed by atoms with Crippen LogP contribution in [0.25, 0.3) is 16.8 Å². The van der Waals surface area contributed by atoms with Crippen LogP contribution in [-0.2, 0) is 9.53 Å². The number of anilines is 1. The van der Waals surface area contributed by atoms with Gasteiger partial charge in [0.15, 0.2) is 0 Å². The fraction of sp³-hybridized carbons (Fsp3) is 0.500. The summed E-state index contributed by atoms with van der Waals surface area (Å²) in [5, 5.41) is 14.8. The summed E-state index contributed by atoms with van der Waals surface area (Å²) in [6.07, 6.45) is 3.23. The summed E-state index contributed by atoms with van der Waals surface area (Å²) in [5.41, 5.74) is 1.45. The van der Waals surface area contributed by atoms with Gasteiger partial charge in [0.05, 0.1) is 5.60 Å². The van der Waals surface area contributed by atoms with Gasteiger partial charge in [-0.3, -0.25) is 4.79 Å². The fourth-order valence-corrected chi connectivity index (χ4v) is 3.56. The van der Waals surface area contributed by atoms with E-state index < -0.39 is 5.54 Å². The fourth-order valence-electron chi connectivity index (χ4n) is 3.56. The lowest BCUT2D eigenvalue weighted by molar-refractivity contribution is -0.118. The van der Waals surface area contributed by atoms with Crippen molar-refractivity contribution in [1.82, 2.24) is 5.32 Å². The largest absolute Gasteiger partial charge is 0.375 e. The molecule has 0 aliphatic rings. The SMILES string of the molecule is CCN(CC)c1ccc2cc(C=C(C#N)C(=O)NC(C)(C)CCOC(C)(C)CC)ccc2c1. The number of hydrogen-bond donors (Lipinski definition) is 1. The molecule has 0 unspecified atom stereocenters. The number of carbonyl (C=O) groups is 1. The summed E-state index contributed by atoms with van der Waals surface area (Å²) in [6, 6.07) is 14.4. The van der Waals surface area contributed by atoms with Gasteiger partial charge < -0.3 is 15.0 Å². The first-order valence-corrected chi connectivity index (χ1v) is 11.9. The Labute approximate surface area is 199 Å². The third-order valence-electron chi connectivity index (χ3n) is 6.18. The highest BCUT2D eigenvalue weighted by Gasteiger charge is 2.24. The number of ether oxygens (including phenoxy) is 1. The molecular weight excluding hydrogens is 410 g/mol. The molecule has 0 spiro atoms. The molecule has 0 radical (unpaired) electrons. The Balaban J connectivity index is 2.14. The van der Waals surface area contributed by atoms with Crippen LogP contribution in [0.2, 0.25) is 0 Å². The van der Waals surface area contributed by atoms with Gasteiger partial charge in [-0.2, -0.15) is 5.26 Å². The zero-order valence-corrected chi connectivity index (χ0v) is 21.3. The number of nitrogens with one attached hydrogen (secondary N) is 1. The van der Waals surface area contributed by atoms with Crippen molar-refractivity contribution in [2.24, 2.45) is 0 Å². The Morgan fingerprint density at radius 1 is 1.06 bits per heavy atom. The molecule has 0 aromatic heterocycles. The van der Waals surface area contributed by atoms with Crippen LogP contribution in [0.5, 0.6) is 0 Å². The zero-order chi connectivity index (χ0) is 24.6. The van der Waals surface area contributed by atoms with Crippen molar-refractivity contribution in [3.05, 3.63) is 47.5 Å². The highest BCUT2D eigenvalue weighted by molar-refractivity contribution is 6.02. The average molecular weight is 450 g/mol. The van der Waals surface area contributed by atoms with Crippen LogP contribution in [0.15, 0.2) is 42.0 Å². The smallest absolute Gasteiger partial charge is 0.262 e. The minimum absolute atomic E-state index is 0.0944. The molecule has 0 heterocycles. The number of benzene rings is 2. The van der Waals surface area contributed by atoms with Crippen molar-refractivity contribution in [2.75, 3.05) is 24.6 Å². The van der Waals surface area contributed by atoms with Crippen molar-refractivity contribution < 1.29 is 9.53 Å². The lowest BCUT2D eigenvalue weighted by Crippen LogP contribution is -2.45. The first-order chi connectivity index (χ1) is 15.5. The van der Waals surface area contributed by atoms with Gasteiger partial charge in [-0.15, -0.1) is 0 Å². The molecular formula is C28H39N3O2. The molecule has 178 valence electrons. The lowest BCUT2D eigenvalue weighted by Gasteiger charge is -2.29. The summed E-state index contributed by atoms with van der Waals surface area (Å²) < 4.78 is 5.92. The number of carbonyl (C=O) groups excluding carboxylic acids is 1. The van der Waals surface area contributed by atoms with E-state index in [-0.39, 0.29) is 17.1 Å². The molecule has 1 amide bonds. The summed E-state index contributed by atoms with van der Waals surface area (Å²) >= 11 is 0. The maximum absolute atomic E-state index is 12.8. The molecule has 0 fully saturated rings. The Morgan fingerprint density at radius 2 is 1.70 bits per heavy atom. The van der Waals surface area contributed by atoms with E-state index in [2.05, 4.69) is 69.1 Å². The molecule has 0 aliphatic heterocycles. The number of rotatable bonds is 11. The summed E-state index contributed by atoms with van der Waals surface area (Å²) in [4.78, 5) is 15.1. The molecule has 0 bridgehead atoms. The molecule has 5 heteroatoms. The van der Waals surface area contributed by atoms with Gasteiger partial charge in [-0.25, -0.2) is 0 Å². The summed E-state index contributed by atoms with van der Waals surface area (Å²) in [6.45, 7) is 16.9. The van der Waals surface area contributed by atoms with Gasteiger partial charge >= 0.3 is 0 Å². The van der Waals surface area contributed by atoms with E-state index in [1.54, 1.807) is 6.08 Å². The highest BCUT2D eigenvalue weighted by Crippen LogP contribution is 2.24. The van der Waals surface area contributed by atoms with Crippen LogP contribution in [-0.4, -0.2) is 36.7 Å². The number of fused-ring (bicyclic) bond motifs is 1. The predicted molar refractivity (Wildman–Crippen MR) is 138 cm³/mol.